The van der Waals surface area contributed by atoms with E-state index in [1.807, 2.05) is 38.1 Å². The standard InChI is InChI=1S/C20H19N3O2S/c1-3-10-23(13-16-8-6-15(12-21)7-9-16)20(24)18-14(2)26-19(22-18)17-5-4-11-25-17/h4-9,11H,3,10,13H2,1-2H3. The van der Waals surface area contributed by atoms with Gasteiger partial charge in [0.15, 0.2) is 10.8 Å². The molecule has 132 valence electrons. The number of carbonyl (C=O) groups is 1. The van der Waals surface area contributed by atoms with Crippen LogP contribution in [0.15, 0.2) is 47.1 Å². The van der Waals surface area contributed by atoms with E-state index in [2.05, 4.69) is 11.1 Å². The van der Waals surface area contributed by atoms with Gasteiger partial charge in [-0.2, -0.15) is 5.26 Å². The van der Waals surface area contributed by atoms with Crippen molar-refractivity contribution in [2.75, 3.05) is 6.54 Å². The number of nitrogens with zero attached hydrogens (tertiary/aromatic N) is 3. The quantitative estimate of drug-likeness (QED) is 0.638. The molecule has 0 bridgehead atoms. The van der Waals surface area contributed by atoms with Gasteiger partial charge in [0, 0.05) is 18.0 Å². The van der Waals surface area contributed by atoms with Crippen molar-refractivity contribution < 1.29 is 9.21 Å². The monoisotopic (exact) mass is 365 g/mol. The van der Waals surface area contributed by atoms with Crippen molar-refractivity contribution in [2.45, 2.75) is 26.8 Å². The number of hydrogen-bond acceptors (Lipinski definition) is 5. The third-order valence-corrected chi connectivity index (χ3v) is 4.95. The second-order valence-electron chi connectivity index (χ2n) is 5.94. The molecule has 0 saturated heterocycles. The fraction of sp³-hybridized carbons (Fsp3) is 0.250. The molecule has 0 unspecified atom stereocenters. The Balaban J connectivity index is 1.83. The van der Waals surface area contributed by atoms with Gasteiger partial charge in [0.1, 0.15) is 5.69 Å². The third-order valence-electron chi connectivity index (χ3n) is 3.97. The Bertz CT molecular complexity index is 921. The Morgan fingerprint density at radius 3 is 2.69 bits per heavy atom. The molecule has 6 heteroatoms. The maximum absolute atomic E-state index is 13.1. The first-order valence-corrected chi connectivity index (χ1v) is 9.23. The largest absolute Gasteiger partial charge is 0.462 e. The first kappa shape index (κ1) is 17.9. The highest BCUT2D eigenvalue weighted by Crippen LogP contribution is 2.28. The van der Waals surface area contributed by atoms with E-state index in [-0.39, 0.29) is 5.91 Å². The van der Waals surface area contributed by atoms with Gasteiger partial charge in [0.2, 0.25) is 0 Å². The Hall–Kier alpha value is -2.91. The first-order valence-electron chi connectivity index (χ1n) is 8.42. The maximum Gasteiger partial charge on any atom is 0.273 e. The summed E-state index contributed by atoms with van der Waals surface area (Å²) in [6.45, 7) is 5.09. The summed E-state index contributed by atoms with van der Waals surface area (Å²) in [4.78, 5) is 20.2. The number of amides is 1. The number of nitriles is 1. The van der Waals surface area contributed by atoms with Crippen molar-refractivity contribution in [2.24, 2.45) is 0 Å². The molecule has 2 heterocycles. The van der Waals surface area contributed by atoms with E-state index in [1.165, 1.54) is 11.3 Å². The Labute approximate surface area is 156 Å². The number of benzene rings is 1. The van der Waals surface area contributed by atoms with E-state index in [1.54, 1.807) is 23.3 Å². The van der Waals surface area contributed by atoms with Gasteiger partial charge in [-0.25, -0.2) is 4.98 Å². The molecule has 0 aliphatic rings. The zero-order chi connectivity index (χ0) is 18.5. The fourth-order valence-electron chi connectivity index (χ4n) is 2.68. The van der Waals surface area contributed by atoms with Crippen molar-refractivity contribution in [3.63, 3.8) is 0 Å². The average molecular weight is 365 g/mol. The Kier molecular flexibility index (Phi) is 5.49. The number of aryl methyl sites for hydroxylation is 1. The van der Waals surface area contributed by atoms with Crippen molar-refractivity contribution in [3.8, 4) is 16.8 Å². The molecule has 3 rings (SSSR count). The first-order chi connectivity index (χ1) is 12.6. The lowest BCUT2D eigenvalue weighted by Gasteiger charge is -2.21. The molecule has 1 amide bonds. The summed E-state index contributed by atoms with van der Waals surface area (Å²) in [7, 11) is 0. The minimum atomic E-state index is -0.0808. The number of thiazole rings is 1. The lowest BCUT2D eigenvalue weighted by molar-refractivity contribution is 0.0737. The third kappa shape index (κ3) is 3.84. The summed E-state index contributed by atoms with van der Waals surface area (Å²) in [6, 6.07) is 13.1. The number of hydrogen-bond donors (Lipinski definition) is 0. The molecule has 0 atom stereocenters. The van der Waals surface area contributed by atoms with Crippen LogP contribution in [0, 0.1) is 18.3 Å². The maximum atomic E-state index is 13.1. The van der Waals surface area contributed by atoms with E-state index >= 15 is 0 Å². The highest BCUT2D eigenvalue weighted by molar-refractivity contribution is 7.15. The molecule has 0 N–H and O–H groups in total. The summed E-state index contributed by atoms with van der Waals surface area (Å²) in [5, 5.41) is 9.63. The minimum absolute atomic E-state index is 0.0808. The van der Waals surface area contributed by atoms with Gasteiger partial charge >= 0.3 is 0 Å². The summed E-state index contributed by atoms with van der Waals surface area (Å²) < 4.78 is 5.39. The fourth-order valence-corrected chi connectivity index (χ4v) is 3.55. The van der Waals surface area contributed by atoms with Crippen molar-refractivity contribution in [1.82, 2.24) is 9.88 Å². The summed E-state index contributed by atoms with van der Waals surface area (Å²) in [5.41, 5.74) is 2.08. The molecule has 0 fully saturated rings. The molecule has 0 aliphatic heterocycles. The zero-order valence-corrected chi connectivity index (χ0v) is 15.5. The molecular weight excluding hydrogens is 346 g/mol. The molecule has 1 aromatic carbocycles. The van der Waals surface area contributed by atoms with Crippen LogP contribution in [0.2, 0.25) is 0 Å². The van der Waals surface area contributed by atoms with Crippen molar-refractivity contribution in [3.05, 3.63) is 64.4 Å². The Morgan fingerprint density at radius 1 is 1.31 bits per heavy atom. The lowest BCUT2D eigenvalue weighted by Crippen LogP contribution is -2.32. The van der Waals surface area contributed by atoms with Gasteiger partial charge in [-0.3, -0.25) is 4.79 Å². The number of aromatic nitrogens is 1. The van der Waals surface area contributed by atoms with Crippen LogP contribution in [0.5, 0.6) is 0 Å². The molecule has 0 aliphatic carbocycles. The van der Waals surface area contributed by atoms with Crippen LogP contribution in [0.3, 0.4) is 0 Å². The van der Waals surface area contributed by atoms with Gasteiger partial charge in [-0.1, -0.05) is 19.1 Å². The molecule has 2 aromatic heterocycles. The molecule has 3 aromatic rings. The highest BCUT2D eigenvalue weighted by Gasteiger charge is 2.22. The highest BCUT2D eigenvalue weighted by atomic mass is 32.1. The van der Waals surface area contributed by atoms with Crippen LogP contribution in [0.4, 0.5) is 0 Å². The molecule has 26 heavy (non-hydrogen) atoms. The van der Waals surface area contributed by atoms with E-state index in [0.29, 0.717) is 35.1 Å². The average Bonchev–Trinajstić information content (AvgIpc) is 3.31. The van der Waals surface area contributed by atoms with Gasteiger partial charge in [-0.15, -0.1) is 11.3 Å². The predicted octanol–water partition coefficient (Wildman–Crippen LogP) is 4.64. The van der Waals surface area contributed by atoms with Crippen LogP contribution < -0.4 is 0 Å². The molecular formula is C20H19N3O2S. The van der Waals surface area contributed by atoms with Crippen LogP contribution >= 0.6 is 11.3 Å². The predicted molar refractivity (Wildman–Crippen MR) is 101 cm³/mol. The summed E-state index contributed by atoms with van der Waals surface area (Å²) in [6.07, 6.45) is 2.46. The van der Waals surface area contributed by atoms with Crippen LogP contribution in [0.1, 0.15) is 39.8 Å². The van der Waals surface area contributed by atoms with Gasteiger partial charge in [0.25, 0.3) is 5.91 Å². The second-order valence-corrected chi connectivity index (χ2v) is 7.14. The molecule has 0 saturated carbocycles. The van der Waals surface area contributed by atoms with Gasteiger partial charge in [-0.05, 0) is 43.2 Å². The smallest absolute Gasteiger partial charge is 0.273 e. The normalized spacial score (nSPS) is 10.5. The van der Waals surface area contributed by atoms with Crippen LogP contribution in [-0.4, -0.2) is 22.3 Å². The SMILES string of the molecule is CCCN(Cc1ccc(C#N)cc1)C(=O)c1nc(-c2ccco2)sc1C. The van der Waals surface area contributed by atoms with Crippen molar-refractivity contribution in [1.29, 1.82) is 5.26 Å². The van der Waals surface area contributed by atoms with E-state index in [0.717, 1.165) is 16.9 Å². The van der Waals surface area contributed by atoms with E-state index in [9.17, 15) is 4.79 Å². The van der Waals surface area contributed by atoms with E-state index < -0.39 is 0 Å². The van der Waals surface area contributed by atoms with Crippen molar-refractivity contribution >= 4 is 17.2 Å². The minimum Gasteiger partial charge on any atom is -0.462 e. The second kappa shape index (κ2) is 7.98. The number of carbonyl (C=O) groups excluding carboxylic acids is 1. The Morgan fingerprint density at radius 2 is 2.08 bits per heavy atom. The number of furan rings is 1. The molecule has 0 radical (unpaired) electrons. The topological polar surface area (TPSA) is 70.1 Å². The zero-order valence-electron chi connectivity index (χ0n) is 14.7. The van der Waals surface area contributed by atoms with Gasteiger partial charge < -0.3 is 9.32 Å². The molecule has 0 spiro atoms. The van der Waals surface area contributed by atoms with Crippen LogP contribution in [0.25, 0.3) is 10.8 Å². The summed E-state index contributed by atoms with van der Waals surface area (Å²) >= 11 is 1.46. The van der Waals surface area contributed by atoms with Gasteiger partial charge in [0.05, 0.1) is 17.9 Å². The van der Waals surface area contributed by atoms with E-state index in [4.69, 9.17) is 9.68 Å². The summed E-state index contributed by atoms with van der Waals surface area (Å²) in [5.74, 6) is 0.592. The lowest BCUT2D eigenvalue weighted by atomic mass is 10.1. The van der Waals surface area contributed by atoms with Crippen LogP contribution in [-0.2, 0) is 6.54 Å². The molecule has 5 nitrogen and oxygen atoms in total. The number of rotatable bonds is 6.